The van der Waals surface area contributed by atoms with Crippen LogP contribution < -0.4 is 11.1 Å². The van der Waals surface area contributed by atoms with E-state index in [1.165, 1.54) is 41.8 Å². The maximum atomic E-state index is 5.66. The number of aryl methyl sites for hydroxylation is 2. The Labute approximate surface area is 142 Å². The molecule has 0 atom stereocenters. The van der Waals surface area contributed by atoms with E-state index in [9.17, 15) is 0 Å². The number of rotatable bonds is 9. The fourth-order valence-corrected chi connectivity index (χ4v) is 3.37. The van der Waals surface area contributed by atoms with Gasteiger partial charge in [-0.15, -0.1) is 0 Å². The average Bonchev–Trinajstić information content (AvgIpc) is 2.50. The van der Waals surface area contributed by atoms with Crippen molar-refractivity contribution in [2.75, 3.05) is 33.2 Å². The molecule has 124 valence electrons. The Bertz CT molecular complexity index is 521. The normalized spacial score (nSPS) is 16.5. The molecule has 1 aromatic carbocycles. The van der Waals surface area contributed by atoms with Gasteiger partial charge in [0.05, 0.1) is 7.85 Å². The van der Waals surface area contributed by atoms with Crippen molar-refractivity contribution in [2.24, 2.45) is 11.7 Å². The molecule has 1 aliphatic rings. The molecule has 1 aromatic rings. The molecular weight excluding hydrogens is 281 g/mol. The van der Waals surface area contributed by atoms with E-state index in [0.29, 0.717) is 0 Å². The second-order valence-electron chi connectivity index (χ2n) is 6.73. The number of hydrogen-bond acceptors (Lipinski definition) is 3. The Morgan fingerprint density at radius 1 is 1.43 bits per heavy atom. The van der Waals surface area contributed by atoms with Crippen molar-refractivity contribution in [3.05, 3.63) is 46.7 Å². The summed E-state index contributed by atoms with van der Waals surface area (Å²) in [6.07, 6.45) is 5.71. The Balaban J connectivity index is 1.73. The zero-order valence-electron chi connectivity index (χ0n) is 14.6. The largest absolute Gasteiger partial charge is 0.405 e. The molecule has 1 fully saturated rings. The van der Waals surface area contributed by atoms with Crippen LogP contribution in [0.5, 0.6) is 0 Å². The van der Waals surface area contributed by atoms with Crippen LogP contribution in [0.25, 0.3) is 0 Å². The number of nitrogens with two attached hydrogens (primary N) is 1. The molecule has 2 rings (SSSR count). The number of likely N-dealkylation sites (tertiary alicyclic amines) is 1. The Kier molecular flexibility index (Phi) is 7.19. The zero-order chi connectivity index (χ0) is 16.7. The third-order valence-electron chi connectivity index (χ3n) is 4.77. The molecule has 3 nitrogen and oxygen atoms in total. The van der Waals surface area contributed by atoms with Crippen molar-refractivity contribution >= 4 is 7.85 Å². The summed E-state index contributed by atoms with van der Waals surface area (Å²) in [6.45, 7) is 6.66. The minimum absolute atomic E-state index is 0.725. The monoisotopic (exact) mass is 311 g/mol. The number of nitrogens with zero attached hydrogens (tertiary/aromatic N) is 1. The van der Waals surface area contributed by atoms with Gasteiger partial charge in [0.1, 0.15) is 0 Å². The lowest BCUT2D eigenvalue weighted by Crippen LogP contribution is -2.48. The van der Waals surface area contributed by atoms with E-state index in [4.69, 9.17) is 13.6 Å². The Morgan fingerprint density at radius 3 is 2.83 bits per heavy atom. The van der Waals surface area contributed by atoms with Crippen LogP contribution in [0.3, 0.4) is 0 Å². The molecule has 0 bridgehead atoms. The van der Waals surface area contributed by atoms with Crippen LogP contribution in [0.15, 0.2) is 30.0 Å². The summed E-state index contributed by atoms with van der Waals surface area (Å²) >= 11 is 0. The summed E-state index contributed by atoms with van der Waals surface area (Å²) < 4.78 is 0. The van der Waals surface area contributed by atoms with Gasteiger partial charge < -0.3 is 16.0 Å². The summed E-state index contributed by atoms with van der Waals surface area (Å²) in [4.78, 5) is 2.53. The Hall–Kier alpha value is -1.26. The molecule has 0 amide bonds. The lowest BCUT2D eigenvalue weighted by atomic mass is 9.88. The lowest BCUT2D eigenvalue weighted by Gasteiger charge is -2.40. The first-order valence-corrected chi connectivity index (χ1v) is 8.71. The number of nitrogens with one attached hydrogen (secondary N) is 1. The predicted octanol–water partition coefficient (Wildman–Crippen LogP) is 2.05. The molecule has 0 unspecified atom stereocenters. The van der Waals surface area contributed by atoms with Gasteiger partial charge in [-0.3, -0.25) is 0 Å². The maximum Gasteiger partial charge on any atom is 0.0657 e. The maximum absolute atomic E-state index is 5.66. The molecule has 1 heterocycles. The highest BCUT2D eigenvalue weighted by molar-refractivity contribution is 6.08. The minimum atomic E-state index is 0.725. The van der Waals surface area contributed by atoms with Crippen LogP contribution in [-0.2, 0) is 12.8 Å². The smallest absolute Gasteiger partial charge is 0.0657 e. The van der Waals surface area contributed by atoms with Gasteiger partial charge in [-0.05, 0) is 67.6 Å². The highest BCUT2D eigenvalue weighted by Gasteiger charge is 2.26. The van der Waals surface area contributed by atoms with Gasteiger partial charge in [0.25, 0.3) is 0 Å². The van der Waals surface area contributed by atoms with Crippen molar-refractivity contribution in [2.45, 2.75) is 32.5 Å². The van der Waals surface area contributed by atoms with Crippen LogP contribution in [0.2, 0.25) is 6.32 Å². The highest BCUT2D eigenvalue weighted by atomic mass is 15.2. The first-order chi connectivity index (χ1) is 11.2. The first kappa shape index (κ1) is 18.1. The Morgan fingerprint density at radius 2 is 2.22 bits per heavy atom. The fourth-order valence-electron chi connectivity index (χ4n) is 3.37. The average molecular weight is 311 g/mol. The van der Waals surface area contributed by atoms with Crippen molar-refractivity contribution in [3.8, 4) is 0 Å². The SMILES string of the molecule is [B]CCc1ccc(CC2CN(CC/C(=C/N)CNC)C2)c(C)c1. The van der Waals surface area contributed by atoms with E-state index in [1.807, 2.05) is 7.05 Å². The summed E-state index contributed by atoms with van der Waals surface area (Å²) in [6, 6.07) is 6.83. The third-order valence-corrected chi connectivity index (χ3v) is 4.77. The topological polar surface area (TPSA) is 41.3 Å². The van der Waals surface area contributed by atoms with Crippen molar-refractivity contribution < 1.29 is 0 Å². The molecule has 1 saturated heterocycles. The van der Waals surface area contributed by atoms with E-state index in [-0.39, 0.29) is 0 Å². The minimum Gasteiger partial charge on any atom is -0.405 e. The van der Waals surface area contributed by atoms with Gasteiger partial charge in [0.2, 0.25) is 0 Å². The molecule has 23 heavy (non-hydrogen) atoms. The highest BCUT2D eigenvalue weighted by Crippen LogP contribution is 2.23. The predicted molar refractivity (Wildman–Crippen MR) is 99.9 cm³/mol. The summed E-state index contributed by atoms with van der Waals surface area (Å²) in [5.41, 5.74) is 11.2. The van der Waals surface area contributed by atoms with E-state index in [1.54, 1.807) is 6.20 Å². The number of likely N-dealkylation sites (N-methyl/N-ethyl adjacent to an activating group) is 1. The van der Waals surface area contributed by atoms with Gasteiger partial charge in [-0.1, -0.05) is 24.5 Å². The van der Waals surface area contributed by atoms with Crippen LogP contribution in [-0.4, -0.2) is 46.0 Å². The fraction of sp³-hybridized carbons (Fsp3) is 0.579. The molecule has 2 radical (unpaired) electrons. The van der Waals surface area contributed by atoms with E-state index in [0.717, 1.165) is 38.2 Å². The van der Waals surface area contributed by atoms with Crippen LogP contribution in [0, 0.1) is 12.8 Å². The summed E-state index contributed by atoms with van der Waals surface area (Å²) in [7, 11) is 7.60. The van der Waals surface area contributed by atoms with Gasteiger partial charge in [0, 0.05) is 26.2 Å². The molecule has 3 N–H and O–H groups in total. The second-order valence-corrected chi connectivity index (χ2v) is 6.73. The van der Waals surface area contributed by atoms with Crippen LogP contribution in [0.1, 0.15) is 23.1 Å². The zero-order valence-corrected chi connectivity index (χ0v) is 14.6. The third kappa shape index (κ3) is 5.40. The standard InChI is InChI=1S/C19H30BN3/c1-15-9-16(5-7-20)3-4-19(15)10-18-13-23(14-18)8-6-17(11-21)12-22-2/h3-4,9,11,18,22H,5-8,10,12-14,21H2,1-2H3/b17-11-. The van der Waals surface area contributed by atoms with E-state index in [2.05, 4.69) is 35.3 Å². The van der Waals surface area contributed by atoms with Gasteiger partial charge >= 0.3 is 0 Å². The lowest BCUT2D eigenvalue weighted by molar-refractivity contribution is 0.102. The molecule has 0 aliphatic carbocycles. The van der Waals surface area contributed by atoms with Crippen molar-refractivity contribution in [1.82, 2.24) is 10.2 Å². The molecule has 4 heteroatoms. The molecule has 0 aromatic heterocycles. The molecule has 0 spiro atoms. The van der Waals surface area contributed by atoms with Crippen molar-refractivity contribution in [1.29, 1.82) is 0 Å². The summed E-state index contributed by atoms with van der Waals surface area (Å²) in [5, 5.41) is 3.17. The van der Waals surface area contributed by atoms with Gasteiger partial charge in [-0.2, -0.15) is 0 Å². The quantitative estimate of drug-likeness (QED) is 0.686. The number of benzene rings is 1. The molecule has 0 saturated carbocycles. The van der Waals surface area contributed by atoms with E-state index < -0.39 is 0 Å². The van der Waals surface area contributed by atoms with Crippen LogP contribution >= 0.6 is 0 Å². The number of hydrogen-bond donors (Lipinski definition) is 2. The molecule has 1 aliphatic heterocycles. The summed E-state index contributed by atoms with van der Waals surface area (Å²) in [5.74, 6) is 0.795. The molecular formula is C19H30BN3. The van der Waals surface area contributed by atoms with Crippen LogP contribution in [0.4, 0.5) is 0 Å². The van der Waals surface area contributed by atoms with E-state index >= 15 is 0 Å². The first-order valence-electron chi connectivity index (χ1n) is 8.71. The van der Waals surface area contributed by atoms with Gasteiger partial charge in [-0.25, -0.2) is 0 Å². The second kappa shape index (κ2) is 9.14. The van der Waals surface area contributed by atoms with Gasteiger partial charge in [0.15, 0.2) is 0 Å². The van der Waals surface area contributed by atoms with Crippen molar-refractivity contribution in [3.63, 3.8) is 0 Å².